The van der Waals surface area contributed by atoms with E-state index in [9.17, 15) is 22.8 Å². The third-order valence-corrected chi connectivity index (χ3v) is 7.12. The molecule has 0 aliphatic carbocycles. The predicted molar refractivity (Wildman–Crippen MR) is 158 cm³/mol. The van der Waals surface area contributed by atoms with Crippen LogP contribution in [0.25, 0.3) is 11.3 Å². The number of nitrogens with zero attached hydrogens (tertiary/aromatic N) is 1. The Hall–Kier alpha value is -4.90. The maximum absolute atomic E-state index is 13.4. The topological polar surface area (TPSA) is 127 Å². The van der Waals surface area contributed by atoms with Gasteiger partial charge in [0.1, 0.15) is 29.4 Å². The van der Waals surface area contributed by atoms with Crippen LogP contribution in [-0.2, 0) is 30.7 Å². The van der Waals surface area contributed by atoms with Crippen molar-refractivity contribution in [3.05, 3.63) is 102 Å². The molecule has 1 heterocycles. The number of benzene rings is 3. The summed E-state index contributed by atoms with van der Waals surface area (Å²) < 4.78 is 46.7. The molecular formula is C32H31NO9S. The van der Waals surface area contributed by atoms with Gasteiger partial charge in [0.15, 0.2) is 9.84 Å². The molecule has 3 aromatic carbocycles. The van der Waals surface area contributed by atoms with E-state index in [2.05, 4.69) is 0 Å². The van der Waals surface area contributed by atoms with Crippen LogP contribution in [0.2, 0.25) is 0 Å². The first-order valence-corrected chi connectivity index (χ1v) is 15.0. The van der Waals surface area contributed by atoms with Crippen LogP contribution in [0, 0.1) is 0 Å². The number of hydrogen-bond acceptors (Lipinski definition) is 9. The summed E-state index contributed by atoms with van der Waals surface area (Å²) in [5.41, 5.74) is 0.464. The molecule has 0 radical (unpaired) electrons. The molecule has 11 heteroatoms. The molecule has 224 valence electrons. The fourth-order valence-corrected chi connectivity index (χ4v) is 4.69. The standard InChI is InChI=1S/C32H31NO9S/c1-32(2,3)42-31(36)33-27(15-16-28(33)30(35)40-20-21-9-7-6-8-10-21)22-17-23(29(34)39-4)19-25(18-22)41-24-11-13-26(14-12-24)43(5,37)38/h6-19H,20H2,1-5H3. The number of methoxy groups -OCH3 is 1. The minimum absolute atomic E-state index is 0.0115. The minimum atomic E-state index is -3.41. The average Bonchev–Trinajstić information content (AvgIpc) is 3.41. The average molecular weight is 606 g/mol. The highest BCUT2D eigenvalue weighted by Crippen LogP contribution is 2.32. The summed E-state index contributed by atoms with van der Waals surface area (Å²) in [7, 11) is -2.18. The van der Waals surface area contributed by atoms with Gasteiger partial charge in [0.05, 0.1) is 23.3 Å². The van der Waals surface area contributed by atoms with Gasteiger partial charge in [-0.3, -0.25) is 0 Å². The minimum Gasteiger partial charge on any atom is -0.465 e. The number of esters is 2. The van der Waals surface area contributed by atoms with Crippen LogP contribution in [-0.4, -0.2) is 50.0 Å². The van der Waals surface area contributed by atoms with E-state index in [0.717, 1.165) is 16.4 Å². The summed E-state index contributed by atoms with van der Waals surface area (Å²) in [6.07, 6.45) is 0.266. The molecule has 4 aromatic rings. The van der Waals surface area contributed by atoms with Gasteiger partial charge in [0.25, 0.3) is 0 Å². The highest BCUT2D eigenvalue weighted by Gasteiger charge is 2.27. The van der Waals surface area contributed by atoms with Crippen LogP contribution >= 0.6 is 0 Å². The molecular weight excluding hydrogens is 574 g/mol. The maximum Gasteiger partial charge on any atom is 0.419 e. The lowest BCUT2D eigenvalue weighted by atomic mass is 10.1. The van der Waals surface area contributed by atoms with Crippen LogP contribution in [0.1, 0.15) is 47.2 Å². The number of hydrogen-bond donors (Lipinski definition) is 0. The van der Waals surface area contributed by atoms with Crippen molar-refractivity contribution >= 4 is 27.9 Å². The Kier molecular flexibility index (Phi) is 9.05. The zero-order valence-electron chi connectivity index (χ0n) is 24.3. The monoisotopic (exact) mass is 605 g/mol. The van der Waals surface area contributed by atoms with Crippen molar-refractivity contribution in [2.24, 2.45) is 0 Å². The van der Waals surface area contributed by atoms with E-state index in [0.29, 0.717) is 11.3 Å². The van der Waals surface area contributed by atoms with Gasteiger partial charge in [0.2, 0.25) is 0 Å². The van der Waals surface area contributed by atoms with Gasteiger partial charge >= 0.3 is 18.0 Å². The molecule has 4 rings (SSSR count). The van der Waals surface area contributed by atoms with Gasteiger partial charge < -0.3 is 18.9 Å². The van der Waals surface area contributed by atoms with Crippen molar-refractivity contribution in [2.75, 3.05) is 13.4 Å². The van der Waals surface area contributed by atoms with Crippen LogP contribution < -0.4 is 4.74 Å². The molecule has 1 aromatic heterocycles. The second-order valence-electron chi connectivity index (χ2n) is 10.6. The van der Waals surface area contributed by atoms with Gasteiger partial charge in [-0.25, -0.2) is 27.4 Å². The number of sulfone groups is 1. The zero-order valence-corrected chi connectivity index (χ0v) is 25.1. The van der Waals surface area contributed by atoms with E-state index >= 15 is 0 Å². The molecule has 0 aliphatic heterocycles. The van der Waals surface area contributed by atoms with Gasteiger partial charge in [-0.05, 0) is 80.9 Å². The molecule has 0 spiro atoms. The molecule has 10 nitrogen and oxygen atoms in total. The molecule has 0 aliphatic rings. The first kappa shape index (κ1) is 31.0. The molecule has 0 saturated heterocycles. The van der Waals surface area contributed by atoms with Crippen LogP contribution in [0.3, 0.4) is 0 Å². The van der Waals surface area contributed by atoms with E-state index in [4.69, 9.17) is 18.9 Å². The summed E-state index contributed by atoms with van der Waals surface area (Å²) >= 11 is 0. The normalized spacial score (nSPS) is 11.5. The second kappa shape index (κ2) is 12.5. The van der Waals surface area contributed by atoms with E-state index in [1.54, 1.807) is 39.0 Å². The highest BCUT2D eigenvalue weighted by atomic mass is 32.2. The van der Waals surface area contributed by atoms with Crippen molar-refractivity contribution in [2.45, 2.75) is 37.9 Å². The third-order valence-electron chi connectivity index (χ3n) is 5.99. The Labute approximate surface area is 249 Å². The summed E-state index contributed by atoms with van der Waals surface area (Å²) in [5, 5.41) is 0. The molecule has 0 saturated carbocycles. The van der Waals surface area contributed by atoms with Gasteiger partial charge in [-0.1, -0.05) is 30.3 Å². The first-order chi connectivity index (χ1) is 20.2. The molecule has 43 heavy (non-hydrogen) atoms. The molecule has 0 fully saturated rings. The van der Waals surface area contributed by atoms with E-state index in [1.165, 1.54) is 55.6 Å². The Bertz CT molecular complexity index is 1750. The van der Waals surface area contributed by atoms with E-state index < -0.39 is 33.5 Å². The van der Waals surface area contributed by atoms with Crippen molar-refractivity contribution in [3.8, 4) is 22.8 Å². The molecule has 0 N–H and O–H groups in total. The SMILES string of the molecule is COC(=O)c1cc(Oc2ccc(S(C)(=O)=O)cc2)cc(-c2ccc(C(=O)OCc3ccccc3)n2C(=O)OC(C)(C)C)c1. The lowest BCUT2D eigenvalue weighted by Crippen LogP contribution is -2.29. The Balaban J connectivity index is 1.77. The molecule has 0 amide bonds. The van der Waals surface area contributed by atoms with Crippen LogP contribution in [0.5, 0.6) is 11.5 Å². The number of carbonyl (C=O) groups is 3. The number of aromatic nitrogens is 1. The number of carbonyl (C=O) groups excluding carboxylic acids is 3. The lowest BCUT2D eigenvalue weighted by Gasteiger charge is -2.21. The van der Waals surface area contributed by atoms with Crippen molar-refractivity contribution < 1.29 is 41.7 Å². The Morgan fingerprint density at radius 3 is 2.09 bits per heavy atom. The molecule has 0 unspecified atom stereocenters. The van der Waals surface area contributed by atoms with Gasteiger partial charge in [-0.15, -0.1) is 0 Å². The van der Waals surface area contributed by atoms with E-state index in [-0.39, 0.29) is 34.2 Å². The second-order valence-corrected chi connectivity index (χ2v) is 12.6. The fourth-order valence-electron chi connectivity index (χ4n) is 4.06. The van der Waals surface area contributed by atoms with Gasteiger partial charge in [0, 0.05) is 11.8 Å². The van der Waals surface area contributed by atoms with Crippen LogP contribution in [0.15, 0.2) is 89.8 Å². The fraction of sp³-hybridized carbons (Fsp3) is 0.219. The van der Waals surface area contributed by atoms with E-state index in [1.807, 2.05) is 18.2 Å². The Morgan fingerprint density at radius 1 is 0.814 bits per heavy atom. The highest BCUT2D eigenvalue weighted by molar-refractivity contribution is 7.90. The largest absolute Gasteiger partial charge is 0.465 e. The van der Waals surface area contributed by atoms with Gasteiger partial charge in [-0.2, -0.15) is 0 Å². The smallest absolute Gasteiger partial charge is 0.419 e. The summed E-state index contributed by atoms with van der Waals surface area (Å²) in [6.45, 7) is 5.07. The summed E-state index contributed by atoms with van der Waals surface area (Å²) in [5.74, 6) is -0.937. The lowest BCUT2D eigenvalue weighted by molar-refractivity contribution is 0.0416. The predicted octanol–water partition coefficient (Wildman–Crippen LogP) is 6.28. The van der Waals surface area contributed by atoms with Crippen molar-refractivity contribution in [1.29, 1.82) is 0 Å². The quantitative estimate of drug-likeness (QED) is 0.168. The van der Waals surface area contributed by atoms with Crippen LogP contribution in [0.4, 0.5) is 4.79 Å². The molecule has 0 bridgehead atoms. The number of ether oxygens (including phenoxy) is 4. The maximum atomic E-state index is 13.4. The summed E-state index contributed by atoms with van der Waals surface area (Å²) in [4.78, 5) is 39.3. The Morgan fingerprint density at radius 2 is 1.49 bits per heavy atom. The first-order valence-electron chi connectivity index (χ1n) is 13.1. The van der Waals surface area contributed by atoms with Crippen molar-refractivity contribution in [1.82, 2.24) is 4.57 Å². The molecule has 0 atom stereocenters. The third kappa shape index (κ3) is 7.89. The van der Waals surface area contributed by atoms with Crippen molar-refractivity contribution in [3.63, 3.8) is 0 Å². The number of rotatable bonds is 8. The summed E-state index contributed by atoms with van der Waals surface area (Å²) in [6, 6.07) is 22.3. The zero-order chi connectivity index (χ0) is 31.4.